The monoisotopic (exact) mass is 326 g/mol. The maximum Gasteiger partial charge on any atom is 0.407 e. The van der Waals surface area contributed by atoms with Crippen LogP contribution in [0, 0.1) is 5.92 Å². The summed E-state index contributed by atoms with van der Waals surface area (Å²) in [6.07, 6.45) is 6.47. The van der Waals surface area contributed by atoms with Crippen molar-refractivity contribution in [3.05, 3.63) is 0 Å². The van der Waals surface area contributed by atoms with Gasteiger partial charge in [-0.25, -0.2) is 4.79 Å². The van der Waals surface area contributed by atoms with Gasteiger partial charge >= 0.3 is 6.09 Å². The number of nitrogens with one attached hydrogen (secondary N) is 1. The molecule has 0 aliphatic carbocycles. The molecule has 2 aliphatic heterocycles. The van der Waals surface area contributed by atoms with Crippen LogP contribution in [0.2, 0.25) is 0 Å². The van der Waals surface area contributed by atoms with Crippen molar-refractivity contribution >= 4 is 12.0 Å². The fourth-order valence-corrected chi connectivity index (χ4v) is 3.72. The molecule has 6 heteroatoms. The molecule has 0 spiro atoms. The minimum absolute atomic E-state index is 0.0560. The van der Waals surface area contributed by atoms with Gasteiger partial charge in [-0.15, -0.1) is 0 Å². The van der Waals surface area contributed by atoms with Gasteiger partial charge in [-0.1, -0.05) is 13.3 Å². The summed E-state index contributed by atoms with van der Waals surface area (Å²) in [5.74, 6) is 0.181. The number of likely N-dealkylation sites (tertiary alicyclic amines) is 1. The molecule has 0 bridgehead atoms. The van der Waals surface area contributed by atoms with Crippen LogP contribution in [0.4, 0.5) is 4.79 Å². The van der Waals surface area contributed by atoms with Gasteiger partial charge in [0.25, 0.3) is 0 Å². The SMILES string of the molecule is CCC[C@@H]1CCCCN1C(=O)[C@@H](NC(=O)OC)C1CCOCC1. The van der Waals surface area contributed by atoms with Crippen LogP contribution in [-0.4, -0.2) is 55.9 Å². The number of hydrogen-bond acceptors (Lipinski definition) is 4. The number of alkyl carbamates (subject to hydrolysis) is 1. The quantitative estimate of drug-likeness (QED) is 0.842. The zero-order valence-electron chi connectivity index (χ0n) is 14.4. The molecular weight excluding hydrogens is 296 g/mol. The first-order valence-electron chi connectivity index (χ1n) is 8.90. The van der Waals surface area contributed by atoms with Gasteiger partial charge in [0.2, 0.25) is 5.91 Å². The summed E-state index contributed by atoms with van der Waals surface area (Å²) >= 11 is 0. The molecular formula is C17H30N2O4. The van der Waals surface area contributed by atoms with E-state index in [4.69, 9.17) is 9.47 Å². The number of methoxy groups -OCH3 is 1. The highest BCUT2D eigenvalue weighted by Crippen LogP contribution is 2.26. The molecule has 2 saturated heterocycles. The van der Waals surface area contributed by atoms with Crippen LogP contribution in [0.25, 0.3) is 0 Å². The second kappa shape index (κ2) is 9.11. The van der Waals surface area contributed by atoms with E-state index >= 15 is 0 Å². The average Bonchev–Trinajstić information content (AvgIpc) is 2.60. The van der Waals surface area contributed by atoms with Crippen molar-refractivity contribution in [2.45, 2.75) is 64.0 Å². The third-order valence-electron chi connectivity index (χ3n) is 4.99. The van der Waals surface area contributed by atoms with E-state index in [1.54, 1.807) is 0 Å². The van der Waals surface area contributed by atoms with Crippen LogP contribution in [0.15, 0.2) is 0 Å². The number of hydrogen-bond donors (Lipinski definition) is 1. The lowest BCUT2D eigenvalue weighted by Crippen LogP contribution is -2.56. The van der Waals surface area contributed by atoms with Crippen LogP contribution >= 0.6 is 0 Å². The number of carbonyl (C=O) groups excluding carboxylic acids is 2. The molecule has 132 valence electrons. The summed E-state index contributed by atoms with van der Waals surface area (Å²) in [4.78, 5) is 26.9. The third-order valence-corrected chi connectivity index (χ3v) is 4.99. The smallest absolute Gasteiger partial charge is 0.407 e. The van der Waals surface area contributed by atoms with Gasteiger partial charge in [-0.05, 0) is 44.4 Å². The van der Waals surface area contributed by atoms with Crippen LogP contribution < -0.4 is 5.32 Å². The van der Waals surface area contributed by atoms with Gasteiger partial charge in [-0.2, -0.15) is 0 Å². The first-order chi connectivity index (χ1) is 11.2. The Morgan fingerprint density at radius 3 is 2.65 bits per heavy atom. The maximum absolute atomic E-state index is 13.1. The summed E-state index contributed by atoms with van der Waals surface area (Å²) < 4.78 is 10.1. The van der Waals surface area contributed by atoms with Crippen molar-refractivity contribution in [3.63, 3.8) is 0 Å². The number of ether oxygens (including phenoxy) is 2. The molecule has 6 nitrogen and oxygen atoms in total. The summed E-state index contributed by atoms with van der Waals surface area (Å²) in [5.41, 5.74) is 0. The van der Waals surface area contributed by atoms with Gasteiger partial charge < -0.3 is 19.7 Å². The topological polar surface area (TPSA) is 67.9 Å². The van der Waals surface area contributed by atoms with Crippen LogP contribution in [0.5, 0.6) is 0 Å². The summed E-state index contributed by atoms with van der Waals surface area (Å²) in [5, 5.41) is 2.79. The van der Waals surface area contributed by atoms with E-state index in [0.717, 1.165) is 45.1 Å². The van der Waals surface area contributed by atoms with Gasteiger partial charge in [0.15, 0.2) is 0 Å². The van der Waals surface area contributed by atoms with Gasteiger partial charge in [-0.3, -0.25) is 4.79 Å². The highest BCUT2D eigenvalue weighted by atomic mass is 16.5. The van der Waals surface area contributed by atoms with Crippen molar-refractivity contribution in [1.82, 2.24) is 10.2 Å². The Hall–Kier alpha value is -1.30. The van der Waals surface area contributed by atoms with E-state index in [1.807, 2.05) is 4.90 Å². The molecule has 0 radical (unpaired) electrons. The molecule has 2 heterocycles. The number of piperidine rings is 1. The molecule has 0 saturated carbocycles. The number of carbonyl (C=O) groups is 2. The Balaban J connectivity index is 2.11. The van der Waals surface area contributed by atoms with Crippen molar-refractivity contribution < 1.29 is 19.1 Å². The van der Waals surface area contributed by atoms with E-state index < -0.39 is 12.1 Å². The molecule has 0 unspecified atom stereocenters. The zero-order chi connectivity index (χ0) is 16.7. The van der Waals surface area contributed by atoms with Crippen molar-refractivity contribution in [2.75, 3.05) is 26.9 Å². The van der Waals surface area contributed by atoms with Gasteiger partial charge in [0, 0.05) is 25.8 Å². The lowest BCUT2D eigenvalue weighted by atomic mass is 9.89. The lowest BCUT2D eigenvalue weighted by Gasteiger charge is -2.40. The molecule has 2 aliphatic rings. The third kappa shape index (κ3) is 4.83. The summed E-state index contributed by atoms with van der Waals surface area (Å²) in [6, 6.07) is -0.188. The molecule has 23 heavy (non-hydrogen) atoms. The Bertz CT molecular complexity index is 394. The predicted octanol–water partition coefficient (Wildman–Crippen LogP) is 2.32. The Morgan fingerprint density at radius 1 is 1.26 bits per heavy atom. The van der Waals surface area contributed by atoms with E-state index in [1.165, 1.54) is 13.5 Å². The molecule has 1 N–H and O–H groups in total. The van der Waals surface area contributed by atoms with Crippen molar-refractivity contribution in [3.8, 4) is 0 Å². The maximum atomic E-state index is 13.1. The number of nitrogens with zero attached hydrogens (tertiary/aromatic N) is 1. The van der Waals surface area contributed by atoms with E-state index in [-0.39, 0.29) is 11.8 Å². The van der Waals surface area contributed by atoms with Crippen LogP contribution in [0.3, 0.4) is 0 Å². The average molecular weight is 326 g/mol. The van der Waals surface area contributed by atoms with Crippen molar-refractivity contribution in [1.29, 1.82) is 0 Å². The summed E-state index contributed by atoms with van der Waals surface area (Å²) in [7, 11) is 1.33. The summed E-state index contributed by atoms with van der Waals surface area (Å²) in [6.45, 7) is 4.25. The molecule has 2 rings (SSSR count). The fraction of sp³-hybridized carbons (Fsp3) is 0.882. The first kappa shape index (κ1) is 18.0. The normalized spacial score (nSPS) is 24.1. The second-order valence-electron chi connectivity index (χ2n) is 6.53. The zero-order valence-corrected chi connectivity index (χ0v) is 14.4. The molecule has 2 fully saturated rings. The molecule has 2 amide bonds. The molecule has 0 aromatic rings. The largest absolute Gasteiger partial charge is 0.453 e. The van der Waals surface area contributed by atoms with E-state index in [9.17, 15) is 9.59 Å². The molecule has 0 aromatic carbocycles. The highest BCUT2D eigenvalue weighted by Gasteiger charge is 2.37. The minimum Gasteiger partial charge on any atom is -0.453 e. The van der Waals surface area contributed by atoms with E-state index in [2.05, 4.69) is 12.2 Å². The second-order valence-corrected chi connectivity index (χ2v) is 6.53. The van der Waals surface area contributed by atoms with Crippen LogP contribution in [0.1, 0.15) is 51.9 Å². The fourth-order valence-electron chi connectivity index (χ4n) is 3.72. The predicted molar refractivity (Wildman–Crippen MR) is 87.1 cm³/mol. The standard InChI is InChI=1S/C17H30N2O4/c1-3-6-14-7-4-5-10-19(14)16(20)15(18-17(21)22-2)13-8-11-23-12-9-13/h13-15H,3-12H2,1-2H3,(H,18,21)/t14-,15+/m1/s1. The number of rotatable bonds is 5. The van der Waals surface area contributed by atoms with Gasteiger partial charge in [0.05, 0.1) is 7.11 Å². The van der Waals surface area contributed by atoms with Crippen molar-refractivity contribution in [2.24, 2.45) is 5.92 Å². The Kier molecular flexibility index (Phi) is 7.15. The van der Waals surface area contributed by atoms with Crippen LogP contribution in [-0.2, 0) is 14.3 Å². The lowest BCUT2D eigenvalue weighted by molar-refractivity contribution is -0.139. The van der Waals surface area contributed by atoms with E-state index in [0.29, 0.717) is 19.3 Å². The number of amides is 2. The molecule has 0 aromatic heterocycles. The molecule has 2 atom stereocenters. The van der Waals surface area contributed by atoms with Gasteiger partial charge in [0.1, 0.15) is 6.04 Å². The first-order valence-corrected chi connectivity index (χ1v) is 8.90. The highest BCUT2D eigenvalue weighted by molar-refractivity contribution is 5.86. The Labute approximate surface area is 138 Å². The Morgan fingerprint density at radius 2 is 2.00 bits per heavy atom. The minimum atomic E-state index is -0.529.